The highest BCUT2D eigenvalue weighted by Crippen LogP contribution is 2.22. The van der Waals surface area contributed by atoms with Crippen molar-refractivity contribution in [3.8, 4) is 6.07 Å². The normalized spacial score (nSPS) is 11.1. The molecule has 2 aromatic rings. The third-order valence-corrected chi connectivity index (χ3v) is 4.61. The molecule has 6 nitrogen and oxygen atoms in total. The lowest BCUT2D eigenvalue weighted by atomic mass is 10.2. The molecular formula is C13H14N4O2S. The number of benzene rings is 1. The molecule has 0 unspecified atom stereocenters. The van der Waals surface area contributed by atoms with Crippen LogP contribution in [0.2, 0.25) is 0 Å². The van der Waals surface area contributed by atoms with Gasteiger partial charge in [0.2, 0.25) is 0 Å². The van der Waals surface area contributed by atoms with Gasteiger partial charge in [-0.15, -0.1) is 0 Å². The molecule has 0 saturated heterocycles. The van der Waals surface area contributed by atoms with Crippen LogP contribution in [0, 0.1) is 25.2 Å². The van der Waals surface area contributed by atoms with Gasteiger partial charge >= 0.3 is 0 Å². The van der Waals surface area contributed by atoms with E-state index in [4.69, 9.17) is 5.26 Å². The highest BCUT2D eigenvalue weighted by Gasteiger charge is 2.23. The summed E-state index contributed by atoms with van der Waals surface area (Å²) in [5.41, 5.74) is 1.91. The van der Waals surface area contributed by atoms with Gasteiger partial charge in [0.05, 0.1) is 23.0 Å². The van der Waals surface area contributed by atoms with Gasteiger partial charge < -0.3 is 0 Å². The summed E-state index contributed by atoms with van der Waals surface area (Å²) in [7, 11) is -1.99. The zero-order valence-corrected chi connectivity index (χ0v) is 12.2. The van der Waals surface area contributed by atoms with Crippen molar-refractivity contribution < 1.29 is 8.42 Å². The summed E-state index contributed by atoms with van der Waals surface area (Å²) < 4.78 is 28.8. The first-order valence-corrected chi connectivity index (χ1v) is 7.36. The second kappa shape index (κ2) is 4.98. The van der Waals surface area contributed by atoms with Gasteiger partial charge in [0.15, 0.2) is 0 Å². The number of nitrogens with zero attached hydrogens (tertiary/aromatic N) is 3. The summed E-state index contributed by atoms with van der Waals surface area (Å²) in [5, 5.41) is 12.8. The summed E-state index contributed by atoms with van der Waals surface area (Å²) >= 11 is 0. The third kappa shape index (κ3) is 2.51. The Morgan fingerprint density at radius 2 is 1.85 bits per heavy atom. The zero-order valence-electron chi connectivity index (χ0n) is 11.4. The van der Waals surface area contributed by atoms with Gasteiger partial charge in [0, 0.05) is 12.7 Å². The molecule has 0 fully saturated rings. The van der Waals surface area contributed by atoms with Crippen molar-refractivity contribution in [3.05, 3.63) is 41.2 Å². The Hall–Kier alpha value is -2.33. The molecule has 20 heavy (non-hydrogen) atoms. The van der Waals surface area contributed by atoms with Crippen LogP contribution in [0.15, 0.2) is 29.2 Å². The van der Waals surface area contributed by atoms with Crippen LogP contribution in [-0.2, 0) is 17.1 Å². The molecule has 0 aliphatic carbocycles. The molecule has 0 saturated carbocycles. The summed E-state index contributed by atoms with van der Waals surface area (Å²) in [4.78, 5) is 0.185. The van der Waals surface area contributed by atoms with Gasteiger partial charge in [0.1, 0.15) is 4.90 Å². The molecule has 0 bridgehead atoms. The van der Waals surface area contributed by atoms with E-state index in [-0.39, 0.29) is 4.90 Å². The van der Waals surface area contributed by atoms with Gasteiger partial charge in [-0.05, 0) is 38.1 Å². The Morgan fingerprint density at radius 1 is 1.25 bits per heavy atom. The number of rotatable bonds is 3. The molecule has 0 aliphatic rings. The fraction of sp³-hybridized carbons (Fsp3) is 0.231. The number of sulfonamides is 1. The number of nitrogens with one attached hydrogen (secondary N) is 1. The summed E-state index contributed by atoms with van der Waals surface area (Å²) in [5.74, 6) is 0. The Balaban J connectivity index is 2.38. The number of anilines is 1. The molecule has 7 heteroatoms. The summed E-state index contributed by atoms with van der Waals surface area (Å²) in [6, 6.07) is 8.20. The quantitative estimate of drug-likeness (QED) is 0.932. The average molecular weight is 290 g/mol. The fourth-order valence-corrected chi connectivity index (χ4v) is 3.46. The van der Waals surface area contributed by atoms with Crippen molar-refractivity contribution in [1.29, 1.82) is 5.26 Å². The van der Waals surface area contributed by atoms with E-state index in [1.807, 2.05) is 6.07 Å². The van der Waals surface area contributed by atoms with Gasteiger partial charge in [-0.3, -0.25) is 9.40 Å². The monoisotopic (exact) mass is 290 g/mol. The molecule has 0 radical (unpaired) electrons. The topological polar surface area (TPSA) is 87.8 Å². The van der Waals surface area contributed by atoms with Crippen LogP contribution in [0.3, 0.4) is 0 Å². The standard InChI is InChI=1S/C13H14N4O2S/c1-9-13(10(2)17(3)15-9)20(18,19)16-12-6-4-11(8-14)5-7-12/h4-7,16H,1-3H3. The van der Waals surface area contributed by atoms with Crippen molar-refractivity contribution in [2.75, 3.05) is 4.72 Å². The maximum absolute atomic E-state index is 12.4. The SMILES string of the molecule is Cc1nn(C)c(C)c1S(=O)(=O)Nc1ccc(C#N)cc1. The van der Waals surface area contributed by atoms with Crippen LogP contribution in [0.25, 0.3) is 0 Å². The van der Waals surface area contributed by atoms with Gasteiger partial charge in [0.25, 0.3) is 10.0 Å². The molecule has 0 amide bonds. The first kappa shape index (κ1) is 14.1. The van der Waals surface area contributed by atoms with E-state index < -0.39 is 10.0 Å². The number of aromatic nitrogens is 2. The highest BCUT2D eigenvalue weighted by atomic mass is 32.2. The molecule has 2 rings (SSSR count). The second-order valence-corrected chi connectivity index (χ2v) is 6.04. The Kier molecular flexibility index (Phi) is 3.51. The van der Waals surface area contributed by atoms with Crippen LogP contribution in [0.5, 0.6) is 0 Å². The Morgan fingerprint density at radius 3 is 2.30 bits per heavy atom. The fourth-order valence-electron chi connectivity index (χ4n) is 1.96. The van der Waals surface area contributed by atoms with Crippen molar-refractivity contribution >= 4 is 15.7 Å². The Labute approximate surface area is 117 Å². The van der Waals surface area contributed by atoms with Crippen LogP contribution in [0.4, 0.5) is 5.69 Å². The van der Waals surface area contributed by atoms with Crippen LogP contribution in [0.1, 0.15) is 17.0 Å². The van der Waals surface area contributed by atoms with Crippen molar-refractivity contribution in [1.82, 2.24) is 9.78 Å². The van der Waals surface area contributed by atoms with Crippen LogP contribution >= 0.6 is 0 Å². The molecule has 0 spiro atoms. The van der Waals surface area contributed by atoms with E-state index in [1.165, 1.54) is 4.68 Å². The Bertz CT molecular complexity index is 783. The van der Waals surface area contributed by atoms with E-state index >= 15 is 0 Å². The number of aryl methyl sites for hydroxylation is 2. The lowest BCUT2D eigenvalue weighted by Crippen LogP contribution is -2.14. The molecule has 1 heterocycles. The summed E-state index contributed by atoms with van der Waals surface area (Å²) in [6.45, 7) is 3.35. The van der Waals surface area contributed by atoms with Crippen LogP contribution in [-0.4, -0.2) is 18.2 Å². The maximum atomic E-state index is 12.4. The average Bonchev–Trinajstić information content (AvgIpc) is 2.64. The van der Waals surface area contributed by atoms with Gasteiger partial charge in [-0.1, -0.05) is 0 Å². The van der Waals surface area contributed by atoms with Gasteiger partial charge in [-0.25, -0.2) is 8.42 Å². The van der Waals surface area contributed by atoms with Crippen LogP contribution < -0.4 is 4.72 Å². The van der Waals surface area contributed by atoms with Crippen molar-refractivity contribution in [2.45, 2.75) is 18.7 Å². The first-order chi connectivity index (χ1) is 9.35. The molecule has 0 aliphatic heterocycles. The van der Waals surface area contributed by atoms with Gasteiger partial charge in [-0.2, -0.15) is 10.4 Å². The number of hydrogen-bond acceptors (Lipinski definition) is 4. The number of nitriles is 1. The largest absolute Gasteiger partial charge is 0.280 e. The molecular weight excluding hydrogens is 276 g/mol. The predicted molar refractivity (Wildman–Crippen MR) is 74.6 cm³/mol. The predicted octanol–water partition coefficient (Wildman–Crippen LogP) is 1.71. The minimum atomic E-state index is -3.69. The van der Waals surface area contributed by atoms with E-state index in [1.54, 1.807) is 45.2 Å². The molecule has 1 aromatic heterocycles. The second-order valence-electron chi connectivity index (χ2n) is 4.42. The van der Waals surface area contributed by atoms with Crippen molar-refractivity contribution in [3.63, 3.8) is 0 Å². The minimum absolute atomic E-state index is 0.185. The van der Waals surface area contributed by atoms with E-state index in [2.05, 4.69) is 9.82 Å². The van der Waals surface area contributed by atoms with Crippen molar-refractivity contribution in [2.24, 2.45) is 7.05 Å². The number of hydrogen-bond donors (Lipinski definition) is 1. The first-order valence-electron chi connectivity index (χ1n) is 5.88. The lowest BCUT2D eigenvalue weighted by Gasteiger charge is -2.08. The molecule has 1 aromatic carbocycles. The molecule has 1 N–H and O–H groups in total. The molecule has 104 valence electrons. The maximum Gasteiger partial charge on any atom is 0.265 e. The zero-order chi connectivity index (χ0) is 14.9. The third-order valence-electron chi connectivity index (χ3n) is 2.98. The van der Waals surface area contributed by atoms with E-state index in [0.717, 1.165) is 0 Å². The van der Waals surface area contributed by atoms with E-state index in [0.29, 0.717) is 22.6 Å². The van der Waals surface area contributed by atoms with E-state index in [9.17, 15) is 8.42 Å². The highest BCUT2D eigenvalue weighted by molar-refractivity contribution is 7.92. The molecule has 0 atom stereocenters. The lowest BCUT2D eigenvalue weighted by molar-refractivity contribution is 0.599. The summed E-state index contributed by atoms with van der Waals surface area (Å²) in [6.07, 6.45) is 0. The minimum Gasteiger partial charge on any atom is -0.280 e. The smallest absolute Gasteiger partial charge is 0.265 e.